The summed E-state index contributed by atoms with van der Waals surface area (Å²) in [5.41, 5.74) is 3.86. The molecule has 3 rings (SSSR count). The lowest BCUT2D eigenvalue weighted by Crippen LogP contribution is -2.40. The summed E-state index contributed by atoms with van der Waals surface area (Å²) in [5, 5.41) is 7.88. The van der Waals surface area contributed by atoms with Crippen molar-refractivity contribution in [3.8, 4) is 0 Å². The molecule has 0 aliphatic heterocycles. The number of aromatic nitrogens is 3. The van der Waals surface area contributed by atoms with Crippen LogP contribution in [-0.2, 0) is 11.2 Å². The zero-order valence-electron chi connectivity index (χ0n) is 19.8. The van der Waals surface area contributed by atoms with Gasteiger partial charge in [0, 0.05) is 46.0 Å². The molecule has 7 nitrogen and oxygen atoms in total. The van der Waals surface area contributed by atoms with E-state index in [9.17, 15) is 4.79 Å². The Labute approximate surface area is 200 Å². The number of H-pyrrole nitrogens is 1. The van der Waals surface area contributed by atoms with Crippen molar-refractivity contribution in [1.29, 1.82) is 0 Å². The summed E-state index contributed by atoms with van der Waals surface area (Å²) >= 11 is 6.17. The predicted octanol–water partition coefficient (Wildman–Crippen LogP) is 5.57. The number of aliphatic imine (C=N–C) groups is 1. The molecule has 1 unspecified atom stereocenters. The Balaban J connectivity index is 1.77. The molecule has 0 aliphatic carbocycles. The zero-order valence-corrected chi connectivity index (χ0v) is 20.6. The molecule has 0 spiro atoms. The van der Waals surface area contributed by atoms with Crippen molar-refractivity contribution in [1.82, 2.24) is 20.3 Å². The van der Waals surface area contributed by atoms with Gasteiger partial charge in [-0.05, 0) is 62.9 Å². The number of aromatic amines is 1. The van der Waals surface area contributed by atoms with E-state index in [1.165, 1.54) is 0 Å². The topological polar surface area (TPSA) is 95.1 Å². The number of aryl methyl sites for hydroxylation is 2. The number of carbonyl (C=O) groups is 1. The van der Waals surface area contributed by atoms with Crippen LogP contribution in [0.4, 0.5) is 5.95 Å². The highest BCUT2D eigenvalue weighted by atomic mass is 35.5. The molecule has 0 fully saturated rings. The third-order valence-corrected chi connectivity index (χ3v) is 5.84. The fraction of sp³-hybridized carbons (Fsp3) is 0.440. The zero-order chi connectivity index (χ0) is 23.8. The van der Waals surface area contributed by atoms with E-state index >= 15 is 0 Å². The Kier molecular flexibility index (Phi) is 8.83. The van der Waals surface area contributed by atoms with Crippen LogP contribution >= 0.6 is 11.6 Å². The van der Waals surface area contributed by atoms with Crippen molar-refractivity contribution >= 4 is 40.3 Å². The van der Waals surface area contributed by atoms with Gasteiger partial charge in [-0.1, -0.05) is 38.3 Å². The maximum Gasteiger partial charge on any atom is 0.229 e. The van der Waals surface area contributed by atoms with Crippen LogP contribution in [0.3, 0.4) is 0 Å². The summed E-state index contributed by atoms with van der Waals surface area (Å²) in [6.45, 7) is 8.48. The van der Waals surface area contributed by atoms with Gasteiger partial charge in [-0.15, -0.1) is 0 Å². The lowest BCUT2D eigenvalue weighted by Gasteiger charge is -2.16. The Morgan fingerprint density at radius 2 is 1.94 bits per heavy atom. The minimum Gasteiger partial charge on any atom is -0.361 e. The van der Waals surface area contributed by atoms with Crippen LogP contribution in [0.2, 0.25) is 5.02 Å². The molecule has 1 aromatic carbocycles. The number of benzene rings is 1. The van der Waals surface area contributed by atoms with Gasteiger partial charge in [-0.2, -0.15) is 0 Å². The number of halogens is 1. The van der Waals surface area contributed by atoms with Crippen LogP contribution in [0.5, 0.6) is 0 Å². The molecule has 3 N–H and O–H groups in total. The van der Waals surface area contributed by atoms with Crippen LogP contribution < -0.4 is 10.6 Å². The number of carbonyl (C=O) groups excluding carboxylic acids is 1. The highest BCUT2D eigenvalue weighted by molar-refractivity contribution is 6.31. The van der Waals surface area contributed by atoms with Crippen molar-refractivity contribution in [2.75, 3.05) is 11.9 Å². The number of nitrogens with zero attached hydrogens (tertiary/aromatic N) is 3. The molecule has 2 aromatic heterocycles. The number of anilines is 1. The fourth-order valence-corrected chi connectivity index (χ4v) is 4.01. The van der Waals surface area contributed by atoms with Crippen molar-refractivity contribution in [3.63, 3.8) is 0 Å². The van der Waals surface area contributed by atoms with Gasteiger partial charge in [-0.3, -0.25) is 20.4 Å². The van der Waals surface area contributed by atoms with E-state index in [0.29, 0.717) is 29.9 Å². The first-order chi connectivity index (χ1) is 15.9. The Morgan fingerprint density at radius 3 is 2.64 bits per heavy atom. The molecule has 0 radical (unpaired) electrons. The highest BCUT2D eigenvalue weighted by Crippen LogP contribution is 2.22. The molecule has 1 atom stereocenters. The predicted molar refractivity (Wildman–Crippen MR) is 136 cm³/mol. The van der Waals surface area contributed by atoms with E-state index in [4.69, 9.17) is 11.6 Å². The first-order valence-electron chi connectivity index (χ1n) is 11.6. The average Bonchev–Trinajstić information content (AvgIpc) is 3.15. The molecule has 176 valence electrons. The first-order valence-corrected chi connectivity index (χ1v) is 12.0. The van der Waals surface area contributed by atoms with Crippen LogP contribution in [0.1, 0.15) is 56.5 Å². The van der Waals surface area contributed by atoms with Crippen molar-refractivity contribution in [2.24, 2.45) is 10.9 Å². The number of nitrogens with one attached hydrogen (secondary N) is 3. The molecule has 2 heterocycles. The second-order valence-corrected chi connectivity index (χ2v) is 8.76. The van der Waals surface area contributed by atoms with Crippen LogP contribution in [0, 0.1) is 19.8 Å². The summed E-state index contributed by atoms with van der Waals surface area (Å²) in [4.78, 5) is 29.7. The standard InChI is InChI=1S/C25H33ClN6O/c1-5-7-8-18(6-2)23(33)31-24(32-25-29-16(3)13-17(4)30-25)27-12-11-19-15-28-22-10-9-20(26)14-21(19)22/h9-10,13-15,18,28H,5-8,11-12H2,1-4H3,(H2,27,29,30,31,32,33). The van der Waals surface area contributed by atoms with Gasteiger partial charge < -0.3 is 4.98 Å². The van der Waals surface area contributed by atoms with Gasteiger partial charge in [-0.25, -0.2) is 9.97 Å². The molecule has 33 heavy (non-hydrogen) atoms. The highest BCUT2D eigenvalue weighted by Gasteiger charge is 2.18. The summed E-state index contributed by atoms with van der Waals surface area (Å²) in [6, 6.07) is 7.69. The fourth-order valence-electron chi connectivity index (χ4n) is 3.83. The largest absolute Gasteiger partial charge is 0.361 e. The molecule has 0 saturated heterocycles. The summed E-state index contributed by atoms with van der Waals surface area (Å²) in [7, 11) is 0. The van der Waals surface area contributed by atoms with Crippen LogP contribution in [0.25, 0.3) is 10.9 Å². The third-order valence-electron chi connectivity index (χ3n) is 5.60. The maximum atomic E-state index is 12.9. The quantitative estimate of drug-likeness (QED) is 0.282. The van der Waals surface area contributed by atoms with Gasteiger partial charge >= 0.3 is 0 Å². The first kappa shape index (κ1) is 24.7. The summed E-state index contributed by atoms with van der Waals surface area (Å²) < 4.78 is 0. The van der Waals surface area contributed by atoms with E-state index in [0.717, 1.165) is 53.5 Å². The Hall–Kier alpha value is -2.93. The minimum absolute atomic E-state index is 0.0274. The number of amides is 1. The van der Waals surface area contributed by atoms with Gasteiger partial charge in [0.1, 0.15) is 0 Å². The molecule has 1 amide bonds. The van der Waals surface area contributed by atoms with Gasteiger partial charge in [0.05, 0.1) is 0 Å². The van der Waals surface area contributed by atoms with E-state index < -0.39 is 0 Å². The minimum atomic E-state index is -0.0483. The molecular formula is C25H33ClN6O. The number of fused-ring (bicyclic) bond motifs is 1. The normalized spacial score (nSPS) is 12.7. The monoisotopic (exact) mass is 468 g/mol. The number of guanidine groups is 1. The van der Waals surface area contributed by atoms with Gasteiger partial charge in [0.15, 0.2) is 0 Å². The second kappa shape index (κ2) is 11.8. The summed E-state index contributed by atoms with van der Waals surface area (Å²) in [5.74, 6) is 0.721. The van der Waals surface area contributed by atoms with Crippen LogP contribution in [-0.4, -0.2) is 33.4 Å². The lowest BCUT2D eigenvalue weighted by atomic mass is 9.98. The second-order valence-electron chi connectivity index (χ2n) is 8.32. The Morgan fingerprint density at radius 1 is 1.18 bits per heavy atom. The molecule has 0 bridgehead atoms. The lowest BCUT2D eigenvalue weighted by molar-refractivity contribution is -0.123. The summed E-state index contributed by atoms with van der Waals surface area (Å²) in [6.07, 6.45) is 6.41. The van der Waals surface area contributed by atoms with E-state index in [2.05, 4.69) is 37.5 Å². The van der Waals surface area contributed by atoms with Crippen LogP contribution in [0.15, 0.2) is 35.5 Å². The number of hydrogen-bond donors (Lipinski definition) is 3. The smallest absolute Gasteiger partial charge is 0.229 e. The SMILES string of the molecule is CCCCC(CC)C(=O)NC(=NCCc1c[nH]c2ccc(Cl)cc12)Nc1nc(C)cc(C)n1. The molecular weight excluding hydrogens is 436 g/mol. The molecule has 8 heteroatoms. The molecule has 0 aliphatic rings. The van der Waals surface area contributed by atoms with E-state index in [1.54, 1.807) is 0 Å². The number of hydrogen-bond acceptors (Lipinski definition) is 4. The van der Waals surface area contributed by atoms with Gasteiger partial charge in [0.25, 0.3) is 0 Å². The maximum absolute atomic E-state index is 12.9. The van der Waals surface area contributed by atoms with E-state index in [1.807, 2.05) is 51.2 Å². The number of rotatable bonds is 9. The Bertz CT molecular complexity index is 1100. The number of unbranched alkanes of at least 4 members (excludes halogenated alkanes) is 1. The average molecular weight is 469 g/mol. The van der Waals surface area contributed by atoms with Crippen molar-refractivity contribution < 1.29 is 4.79 Å². The van der Waals surface area contributed by atoms with E-state index in [-0.39, 0.29) is 11.8 Å². The van der Waals surface area contributed by atoms with Crippen molar-refractivity contribution in [3.05, 3.63) is 52.4 Å². The van der Waals surface area contributed by atoms with Gasteiger partial charge in [0.2, 0.25) is 17.8 Å². The third kappa shape index (κ3) is 7.02. The molecule has 0 saturated carbocycles. The van der Waals surface area contributed by atoms with Crippen molar-refractivity contribution in [2.45, 2.75) is 59.8 Å². The molecule has 3 aromatic rings.